The van der Waals surface area contributed by atoms with Crippen LogP contribution in [0, 0.1) is 6.92 Å². The van der Waals surface area contributed by atoms with Crippen LogP contribution in [0.3, 0.4) is 0 Å². The van der Waals surface area contributed by atoms with Crippen molar-refractivity contribution in [1.82, 2.24) is 0 Å². The first kappa shape index (κ1) is 16.7. The van der Waals surface area contributed by atoms with Crippen LogP contribution >= 0.6 is 0 Å². The molecule has 1 aromatic carbocycles. The molecule has 0 atom stereocenters. The molecule has 0 aliphatic heterocycles. The number of aryl methyl sites for hydroxylation is 1. The zero-order valence-corrected chi connectivity index (χ0v) is 13.0. The van der Waals surface area contributed by atoms with E-state index in [1.807, 2.05) is 32.9 Å². The van der Waals surface area contributed by atoms with E-state index in [0.717, 1.165) is 22.4 Å². The summed E-state index contributed by atoms with van der Waals surface area (Å²) in [5, 5.41) is 0. The minimum Gasteiger partial charge on any atom is -0.496 e. The fourth-order valence-corrected chi connectivity index (χ4v) is 1.81. The van der Waals surface area contributed by atoms with Crippen molar-refractivity contribution in [2.24, 2.45) is 0 Å². The van der Waals surface area contributed by atoms with Crippen LogP contribution in [0.2, 0.25) is 0 Å². The second-order valence-corrected chi connectivity index (χ2v) is 5.18. The van der Waals surface area contributed by atoms with Gasteiger partial charge >= 0.3 is 0 Å². The summed E-state index contributed by atoms with van der Waals surface area (Å²) < 4.78 is 5.43. The third-order valence-electron chi connectivity index (χ3n) is 2.69. The number of ether oxygens (including phenoxy) is 1. The van der Waals surface area contributed by atoms with Gasteiger partial charge in [-0.05, 0) is 37.0 Å². The Labute approximate surface area is 111 Å². The molecule has 1 aromatic rings. The molecule has 1 rings (SSSR count). The monoisotopic (exact) mass is 250 g/mol. The van der Waals surface area contributed by atoms with Crippen molar-refractivity contribution in [3.63, 3.8) is 0 Å². The van der Waals surface area contributed by atoms with Crippen molar-refractivity contribution in [3.05, 3.63) is 28.8 Å². The summed E-state index contributed by atoms with van der Waals surface area (Å²) in [6, 6.07) is 3.82. The summed E-state index contributed by atoms with van der Waals surface area (Å²) in [6.07, 6.45) is 0. The molecular formula is C16H26O2. The zero-order chi connectivity index (χ0) is 14.5. The van der Waals surface area contributed by atoms with E-state index in [2.05, 4.69) is 20.8 Å². The van der Waals surface area contributed by atoms with Gasteiger partial charge in [-0.3, -0.25) is 4.79 Å². The number of benzene rings is 1. The predicted octanol–water partition coefficient (Wildman–Crippen LogP) is 4.53. The van der Waals surface area contributed by atoms with Crippen LogP contribution in [0.1, 0.15) is 63.0 Å². The molecule has 0 radical (unpaired) electrons. The molecule has 0 bridgehead atoms. The van der Waals surface area contributed by atoms with Crippen LogP contribution in [-0.4, -0.2) is 12.9 Å². The average molecular weight is 250 g/mol. The highest BCUT2D eigenvalue weighted by molar-refractivity contribution is 5.94. The standard InChI is InChI=1S/C14H20O2.C2H6/c1-9-7-11(10(2)15)8-12(13(9)16-6)14(3,4)5;1-2/h7-8H,1-6H3;1-2H3. The first-order valence-electron chi connectivity index (χ1n) is 6.47. The maximum atomic E-state index is 11.4. The molecule has 0 aromatic heterocycles. The number of ketones is 1. The Morgan fingerprint density at radius 2 is 1.67 bits per heavy atom. The number of hydrogen-bond acceptors (Lipinski definition) is 2. The van der Waals surface area contributed by atoms with Gasteiger partial charge in [0, 0.05) is 11.1 Å². The lowest BCUT2D eigenvalue weighted by Gasteiger charge is -2.24. The molecule has 2 heteroatoms. The highest BCUT2D eigenvalue weighted by atomic mass is 16.5. The van der Waals surface area contributed by atoms with E-state index >= 15 is 0 Å². The summed E-state index contributed by atoms with van der Waals surface area (Å²) in [7, 11) is 1.67. The van der Waals surface area contributed by atoms with Crippen LogP contribution in [-0.2, 0) is 5.41 Å². The topological polar surface area (TPSA) is 26.3 Å². The lowest BCUT2D eigenvalue weighted by atomic mass is 9.83. The fraction of sp³-hybridized carbons (Fsp3) is 0.562. The number of carbonyl (C=O) groups excluding carboxylic acids is 1. The molecule has 0 heterocycles. The van der Waals surface area contributed by atoms with Crippen LogP contribution in [0.15, 0.2) is 12.1 Å². The van der Waals surface area contributed by atoms with Gasteiger partial charge < -0.3 is 4.74 Å². The molecule has 0 amide bonds. The van der Waals surface area contributed by atoms with E-state index in [1.165, 1.54) is 0 Å². The Hall–Kier alpha value is -1.31. The normalized spacial score (nSPS) is 10.4. The van der Waals surface area contributed by atoms with Crippen LogP contribution < -0.4 is 4.74 Å². The van der Waals surface area contributed by atoms with E-state index < -0.39 is 0 Å². The Kier molecular flexibility index (Phi) is 6.10. The molecule has 0 N–H and O–H groups in total. The quantitative estimate of drug-likeness (QED) is 0.721. The smallest absolute Gasteiger partial charge is 0.159 e. The Balaban J connectivity index is 0.00000137. The molecule has 0 aliphatic carbocycles. The first-order valence-corrected chi connectivity index (χ1v) is 6.47. The van der Waals surface area contributed by atoms with Crippen LogP contribution in [0.4, 0.5) is 0 Å². The predicted molar refractivity (Wildman–Crippen MR) is 77.8 cm³/mol. The summed E-state index contributed by atoms with van der Waals surface area (Å²) in [4.78, 5) is 11.4. The van der Waals surface area contributed by atoms with Crippen LogP contribution in [0.5, 0.6) is 5.75 Å². The third-order valence-corrected chi connectivity index (χ3v) is 2.69. The maximum absolute atomic E-state index is 11.4. The van der Waals surface area contributed by atoms with E-state index in [-0.39, 0.29) is 11.2 Å². The van der Waals surface area contributed by atoms with Crippen molar-refractivity contribution in [1.29, 1.82) is 0 Å². The van der Waals surface area contributed by atoms with Gasteiger partial charge in [-0.15, -0.1) is 0 Å². The Morgan fingerprint density at radius 3 is 2.00 bits per heavy atom. The molecule has 18 heavy (non-hydrogen) atoms. The Morgan fingerprint density at radius 1 is 1.17 bits per heavy atom. The second kappa shape index (κ2) is 6.58. The lowest BCUT2D eigenvalue weighted by Crippen LogP contribution is -2.14. The van der Waals surface area contributed by atoms with Crippen molar-refractivity contribution < 1.29 is 9.53 Å². The molecule has 0 saturated heterocycles. The van der Waals surface area contributed by atoms with E-state index in [0.29, 0.717) is 0 Å². The van der Waals surface area contributed by atoms with Gasteiger partial charge in [-0.2, -0.15) is 0 Å². The molecule has 0 fully saturated rings. The highest BCUT2D eigenvalue weighted by Crippen LogP contribution is 2.34. The maximum Gasteiger partial charge on any atom is 0.159 e. The number of rotatable bonds is 2. The van der Waals surface area contributed by atoms with E-state index in [9.17, 15) is 4.79 Å². The third kappa shape index (κ3) is 3.86. The molecule has 0 saturated carbocycles. The van der Waals surface area contributed by atoms with E-state index in [1.54, 1.807) is 14.0 Å². The number of hydrogen-bond donors (Lipinski definition) is 0. The fourth-order valence-electron chi connectivity index (χ4n) is 1.81. The van der Waals surface area contributed by atoms with Gasteiger partial charge in [0.2, 0.25) is 0 Å². The van der Waals surface area contributed by atoms with Gasteiger partial charge in [0.1, 0.15) is 5.75 Å². The summed E-state index contributed by atoms with van der Waals surface area (Å²) in [6.45, 7) is 13.9. The number of carbonyl (C=O) groups is 1. The largest absolute Gasteiger partial charge is 0.496 e. The van der Waals surface area contributed by atoms with Crippen molar-refractivity contribution in [2.75, 3.05) is 7.11 Å². The van der Waals surface area contributed by atoms with Crippen LogP contribution in [0.25, 0.3) is 0 Å². The first-order chi connectivity index (χ1) is 8.27. The summed E-state index contributed by atoms with van der Waals surface area (Å²) in [5.74, 6) is 0.980. The molecular weight excluding hydrogens is 224 g/mol. The van der Waals surface area contributed by atoms with E-state index in [4.69, 9.17) is 4.74 Å². The van der Waals surface area contributed by atoms with Crippen molar-refractivity contribution in [3.8, 4) is 5.75 Å². The second-order valence-electron chi connectivity index (χ2n) is 5.18. The van der Waals surface area contributed by atoms with Crippen molar-refractivity contribution >= 4 is 5.78 Å². The zero-order valence-electron chi connectivity index (χ0n) is 13.0. The lowest BCUT2D eigenvalue weighted by molar-refractivity contribution is 0.101. The average Bonchev–Trinajstić information content (AvgIpc) is 2.29. The summed E-state index contributed by atoms with van der Waals surface area (Å²) >= 11 is 0. The molecule has 0 spiro atoms. The van der Waals surface area contributed by atoms with Gasteiger partial charge in [-0.1, -0.05) is 34.6 Å². The van der Waals surface area contributed by atoms with Gasteiger partial charge in [-0.25, -0.2) is 0 Å². The highest BCUT2D eigenvalue weighted by Gasteiger charge is 2.21. The number of Topliss-reactive ketones (excluding diaryl/α,β-unsaturated/α-hetero) is 1. The minimum absolute atomic E-state index is 0.0262. The number of methoxy groups -OCH3 is 1. The van der Waals surface area contributed by atoms with Gasteiger partial charge in [0.25, 0.3) is 0 Å². The van der Waals surface area contributed by atoms with Gasteiger partial charge in [0.15, 0.2) is 5.78 Å². The molecule has 0 unspecified atom stereocenters. The molecule has 2 nitrogen and oxygen atoms in total. The molecule has 102 valence electrons. The van der Waals surface area contributed by atoms with Crippen molar-refractivity contribution in [2.45, 2.75) is 53.9 Å². The Bertz CT molecular complexity index is 412. The SMILES string of the molecule is CC.COc1c(C)cc(C(C)=O)cc1C(C)(C)C. The van der Waals surface area contributed by atoms with Gasteiger partial charge in [0.05, 0.1) is 7.11 Å². The summed E-state index contributed by atoms with van der Waals surface area (Å²) in [5.41, 5.74) is 2.82. The minimum atomic E-state index is -0.0262. The molecule has 0 aliphatic rings.